The second kappa shape index (κ2) is 10.2. The Morgan fingerprint density at radius 2 is 1.66 bits per heavy atom. The maximum absolute atomic E-state index is 12.7. The highest BCUT2D eigenvalue weighted by atomic mass is 16.1. The van der Waals surface area contributed by atoms with E-state index in [4.69, 9.17) is 0 Å². The van der Waals surface area contributed by atoms with Gasteiger partial charge >= 0.3 is 0 Å². The Bertz CT molecular complexity index is 775. The summed E-state index contributed by atoms with van der Waals surface area (Å²) >= 11 is 0. The van der Waals surface area contributed by atoms with Crippen molar-refractivity contribution in [1.29, 1.82) is 0 Å². The number of hydrogen-bond donors (Lipinski definition) is 1. The van der Waals surface area contributed by atoms with E-state index >= 15 is 0 Å². The van der Waals surface area contributed by atoms with Gasteiger partial charge in [0.25, 0.3) is 0 Å². The van der Waals surface area contributed by atoms with Gasteiger partial charge in [-0.15, -0.1) is 0 Å². The van der Waals surface area contributed by atoms with Crippen LogP contribution < -0.4 is 5.32 Å². The molecular formula is C26H38N2O. The van der Waals surface area contributed by atoms with Gasteiger partial charge in [-0.1, -0.05) is 45.9 Å². The number of benzene rings is 1. The molecule has 1 fully saturated rings. The summed E-state index contributed by atoms with van der Waals surface area (Å²) in [6.07, 6.45) is 9.43. The summed E-state index contributed by atoms with van der Waals surface area (Å²) in [6.45, 7) is 8.96. The van der Waals surface area contributed by atoms with Crippen molar-refractivity contribution in [3.05, 3.63) is 42.1 Å². The van der Waals surface area contributed by atoms with Crippen molar-refractivity contribution in [1.82, 2.24) is 10.3 Å². The molecule has 1 saturated carbocycles. The Labute approximate surface area is 176 Å². The Balaban J connectivity index is 1.53. The lowest BCUT2D eigenvalue weighted by atomic mass is 9.77. The number of para-hydroxylation sites is 1. The van der Waals surface area contributed by atoms with E-state index in [9.17, 15) is 4.79 Å². The molecule has 3 rings (SSSR count). The maximum Gasteiger partial charge on any atom is 0.220 e. The SMILES string of the molecule is CC(C)CC(CC(C)C)NC(=O)C[C@H]1CC[C@H](c2ccnc3ccccc32)CC1. The van der Waals surface area contributed by atoms with Crippen LogP contribution in [0.2, 0.25) is 0 Å². The molecule has 0 spiro atoms. The van der Waals surface area contributed by atoms with Crippen molar-refractivity contribution in [3.8, 4) is 0 Å². The molecule has 1 N–H and O–H groups in total. The highest BCUT2D eigenvalue weighted by Gasteiger charge is 2.26. The third-order valence-electron chi connectivity index (χ3n) is 6.32. The number of carbonyl (C=O) groups excluding carboxylic acids is 1. The number of rotatable bonds is 8. The Morgan fingerprint density at radius 3 is 2.31 bits per heavy atom. The first-order valence-electron chi connectivity index (χ1n) is 11.5. The molecule has 0 aliphatic heterocycles. The number of nitrogens with one attached hydrogen (secondary N) is 1. The molecule has 1 aromatic heterocycles. The van der Waals surface area contributed by atoms with Crippen LogP contribution in [0, 0.1) is 17.8 Å². The largest absolute Gasteiger partial charge is 0.353 e. The minimum absolute atomic E-state index is 0.258. The van der Waals surface area contributed by atoms with Gasteiger partial charge in [0.1, 0.15) is 0 Å². The lowest BCUT2D eigenvalue weighted by Crippen LogP contribution is -2.38. The summed E-state index contributed by atoms with van der Waals surface area (Å²) in [5.41, 5.74) is 2.53. The van der Waals surface area contributed by atoms with Crippen LogP contribution in [-0.2, 0) is 4.79 Å². The second-order valence-electron chi connectivity index (χ2n) is 9.86. The topological polar surface area (TPSA) is 42.0 Å². The van der Waals surface area contributed by atoms with Crippen LogP contribution in [0.5, 0.6) is 0 Å². The van der Waals surface area contributed by atoms with Crippen molar-refractivity contribution in [2.45, 2.75) is 84.6 Å². The van der Waals surface area contributed by atoms with Gasteiger partial charge in [0.2, 0.25) is 5.91 Å². The summed E-state index contributed by atoms with van der Waals surface area (Å²) in [5, 5.41) is 4.64. The standard InChI is InChI=1S/C26H38N2O/c1-18(2)15-22(16-19(3)4)28-26(29)17-20-9-11-21(12-10-20)23-13-14-27-25-8-6-5-7-24(23)25/h5-8,13-14,18-22H,9-12,15-17H2,1-4H3,(H,28,29)/t20-,21-. The van der Waals surface area contributed by atoms with Crippen molar-refractivity contribution in [2.24, 2.45) is 17.8 Å². The molecule has 0 atom stereocenters. The molecule has 3 heteroatoms. The van der Waals surface area contributed by atoms with Crippen LogP contribution in [0.25, 0.3) is 10.9 Å². The zero-order chi connectivity index (χ0) is 20.8. The molecule has 0 saturated heterocycles. The van der Waals surface area contributed by atoms with E-state index in [2.05, 4.69) is 68.3 Å². The van der Waals surface area contributed by atoms with Crippen molar-refractivity contribution in [2.75, 3.05) is 0 Å². The minimum Gasteiger partial charge on any atom is -0.353 e. The lowest BCUT2D eigenvalue weighted by Gasteiger charge is -2.30. The minimum atomic E-state index is 0.258. The number of fused-ring (bicyclic) bond motifs is 1. The third-order valence-corrected chi connectivity index (χ3v) is 6.32. The van der Waals surface area contributed by atoms with E-state index < -0.39 is 0 Å². The second-order valence-corrected chi connectivity index (χ2v) is 9.86. The van der Waals surface area contributed by atoms with Gasteiger partial charge in [-0.05, 0) is 79.9 Å². The van der Waals surface area contributed by atoms with Gasteiger partial charge in [-0.25, -0.2) is 0 Å². The molecule has 3 nitrogen and oxygen atoms in total. The predicted octanol–water partition coefficient (Wildman–Crippen LogP) is 6.48. The number of nitrogens with zero attached hydrogens (tertiary/aromatic N) is 1. The predicted molar refractivity (Wildman–Crippen MR) is 122 cm³/mol. The first-order chi connectivity index (χ1) is 13.9. The molecule has 29 heavy (non-hydrogen) atoms. The Kier molecular flexibility index (Phi) is 7.69. The molecular weight excluding hydrogens is 356 g/mol. The molecule has 2 aromatic rings. The third kappa shape index (κ3) is 6.29. The number of hydrogen-bond acceptors (Lipinski definition) is 2. The normalized spacial score (nSPS) is 20.0. The molecule has 0 bridgehead atoms. The monoisotopic (exact) mass is 394 g/mol. The maximum atomic E-state index is 12.7. The summed E-state index contributed by atoms with van der Waals surface area (Å²) in [7, 11) is 0. The van der Waals surface area contributed by atoms with E-state index in [1.165, 1.54) is 23.8 Å². The van der Waals surface area contributed by atoms with Gasteiger partial charge in [-0.3, -0.25) is 9.78 Å². The van der Waals surface area contributed by atoms with Crippen LogP contribution in [-0.4, -0.2) is 16.9 Å². The van der Waals surface area contributed by atoms with E-state index in [0.717, 1.165) is 31.2 Å². The molecule has 0 unspecified atom stereocenters. The molecule has 0 radical (unpaired) electrons. The van der Waals surface area contributed by atoms with Crippen molar-refractivity contribution >= 4 is 16.8 Å². The molecule has 158 valence electrons. The highest BCUT2D eigenvalue weighted by Crippen LogP contribution is 2.39. The van der Waals surface area contributed by atoms with Gasteiger partial charge in [0, 0.05) is 24.0 Å². The van der Waals surface area contributed by atoms with E-state index in [0.29, 0.717) is 36.1 Å². The van der Waals surface area contributed by atoms with Crippen LogP contribution in [0.4, 0.5) is 0 Å². The molecule has 1 heterocycles. The van der Waals surface area contributed by atoms with Crippen LogP contribution in [0.1, 0.15) is 84.1 Å². The Morgan fingerprint density at radius 1 is 1.00 bits per heavy atom. The van der Waals surface area contributed by atoms with Gasteiger partial charge in [0.15, 0.2) is 0 Å². The molecule has 1 aliphatic rings. The highest BCUT2D eigenvalue weighted by molar-refractivity contribution is 5.82. The van der Waals surface area contributed by atoms with E-state index in [-0.39, 0.29) is 5.91 Å². The number of amides is 1. The fourth-order valence-electron chi connectivity index (χ4n) is 5.05. The summed E-state index contributed by atoms with van der Waals surface area (Å²) in [4.78, 5) is 17.2. The van der Waals surface area contributed by atoms with Crippen molar-refractivity contribution in [3.63, 3.8) is 0 Å². The molecule has 1 amide bonds. The van der Waals surface area contributed by atoms with Crippen LogP contribution >= 0.6 is 0 Å². The van der Waals surface area contributed by atoms with E-state index in [1.54, 1.807) is 0 Å². The van der Waals surface area contributed by atoms with Gasteiger partial charge < -0.3 is 5.32 Å². The molecule has 1 aliphatic carbocycles. The van der Waals surface area contributed by atoms with Gasteiger partial charge in [0.05, 0.1) is 5.52 Å². The zero-order valence-corrected chi connectivity index (χ0v) is 18.7. The smallest absolute Gasteiger partial charge is 0.220 e. The fourth-order valence-corrected chi connectivity index (χ4v) is 5.05. The zero-order valence-electron chi connectivity index (χ0n) is 18.7. The van der Waals surface area contributed by atoms with E-state index in [1.807, 2.05) is 6.20 Å². The lowest BCUT2D eigenvalue weighted by molar-refractivity contribution is -0.123. The molecule has 1 aromatic carbocycles. The van der Waals surface area contributed by atoms with Crippen molar-refractivity contribution < 1.29 is 4.79 Å². The quantitative estimate of drug-likeness (QED) is 0.557. The van der Waals surface area contributed by atoms with Crippen LogP contribution in [0.3, 0.4) is 0 Å². The first kappa shape index (κ1) is 21.8. The summed E-state index contributed by atoms with van der Waals surface area (Å²) in [5.74, 6) is 2.61. The summed E-state index contributed by atoms with van der Waals surface area (Å²) in [6, 6.07) is 11.0. The average molecular weight is 395 g/mol. The first-order valence-corrected chi connectivity index (χ1v) is 11.5. The number of carbonyl (C=O) groups is 1. The average Bonchev–Trinajstić information content (AvgIpc) is 2.67. The van der Waals surface area contributed by atoms with Gasteiger partial charge in [-0.2, -0.15) is 0 Å². The number of pyridine rings is 1. The van der Waals surface area contributed by atoms with Crippen LogP contribution in [0.15, 0.2) is 36.5 Å². The Hall–Kier alpha value is -1.90. The number of aromatic nitrogens is 1. The fraction of sp³-hybridized carbons (Fsp3) is 0.615. The summed E-state index contributed by atoms with van der Waals surface area (Å²) < 4.78 is 0.